The van der Waals surface area contributed by atoms with Gasteiger partial charge >= 0.3 is 0 Å². The molecular formula is C12H16O2S. The Morgan fingerprint density at radius 2 is 2.27 bits per heavy atom. The summed E-state index contributed by atoms with van der Waals surface area (Å²) < 4.78 is 5.39. The Morgan fingerprint density at radius 1 is 1.53 bits per heavy atom. The van der Waals surface area contributed by atoms with Gasteiger partial charge in [0, 0.05) is 15.3 Å². The van der Waals surface area contributed by atoms with E-state index >= 15 is 0 Å². The summed E-state index contributed by atoms with van der Waals surface area (Å²) in [6, 6.07) is 1.96. The lowest BCUT2D eigenvalue weighted by molar-refractivity contribution is 0.0740. The van der Waals surface area contributed by atoms with Crippen LogP contribution in [-0.4, -0.2) is 19.0 Å². The van der Waals surface area contributed by atoms with Crippen molar-refractivity contribution < 1.29 is 9.53 Å². The van der Waals surface area contributed by atoms with Crippen LogP contribution in [0.15, 0.2) is 6.07 Å². The van der Waals surface area contributed by atoms with Crippen LogP contribution < -0.4 is 0 Å². The average molecular weight is 224 g/mol. The summed E-state index contributed by atoms with van der Waals surface area (Å²) in [7, 11) is 0. The van der Waals surface area contributed by atoms with E-state index in [1.165, 1.54) is 17.7 Å². The zero-order chi connectivity index (χ0) is 10.8. The second-order valence-electron chi connectivity index (χ2n) is 4.21. The van der Waals surface area contributed by atoms with Crippen LogP contribution >= 0.6 is 11.3 Å². The van der Waals surface area contributed by atoms with Crippen LogP contribution in [0.25, 0.3) is 0 Å². The van der Waals surface area contributed by atoms with E-state index < -0.39 is 0 Å². The van der Waals surface area contributed by atoms with Gasteiger partial charge in [-0.05, 0) is 38.7 Å². The van der Waals surface area contributed by atoms with Gasteiger partial charge in [-0.25, -0.2) is 0 Å². The molecule has 0 unspecified atom stereocenters. The molecule has 1 heterocycles. The first-order valence-electron chi connectivity index (χ1n) is 5.35. The van der Waals surface area contributed by atoms with Crippen LogP contribution in [0.2, 0.25) is 0 Å². The smallest absolute Gasteiger partial charge is 0.189 e. The van der Waals surface area contributed by atoms with Gasteiger partial charge < -0.3 is 4.74 Å². The van der Waals surface area contributed by atoms with Crippen molar-refractivity contribution in [3.8, 4) is 0 Å². The SMILES string of the molecule is Cc1cc(C(=O)COCC2CC2)c(C)s1. The Bertz CT molecular complexity index is 364. The number of carbonyl (C=O) groups is 1. The lowest BCUT2D eigenvalue weighted by Crippen LogP contribution is -2.10. The largest absolute Gasteiger partial charge is 0.373 e. The number of ether oxygens (including phenoxy) is 1. The van der Waals surface area contributed by atoms with Gasteiger partial charge in [-0.3, -0.25) is 4.79 Å². The summed E-state index contributed by atoms with van der Waals surface area (Å²) in [5.74, 6) is 0.848. The molecule has 0 aliphatic heterocycles. The average Bonchev–Trinajstić information content (AvgIpc) is 2.92. The number of ketones is 1. The topological polar surface area (TPSA) is 26.3 Å². The summed E-state index contributed by atoms with van der Waals surface area (Å²) >= 11 is 1.67. The molecule has 0 radical (unpaired) electrons. The lowest BCUT2D eigenvalue weighted by atomic mass is 10.2. The number of hydrogen-bond donors (Lipinski definition) is 0. The third-order valence-corrected chi connectivity index (χ3v) is 3.59. The number of Topliss-reactive ketones (excluding diaryl/α,β-unsaturated/α-hetero) is 1. The molecule has 15 heavy (non-hydrogen) atoms. The van der Waals surface area contributed by atoms with Gasteiger partial charge in [-0.15, -0.1) is 11.3 Å². The fourth-order valence-corrected chi connectivity index (χ4v) is 2.53. The van der Waals surface area contributed by atoms with Gasteiger partial charge in [0.05, 0.1) is 6.61 Å². The third kappa shape index (κ3) is 2.89. The quantitative estimate of drug-likeness (QED) is 0.719. The summed E-state index contributed by atoms with van der Waals surface area (Å²) in [5.41, 5.74) is 0.841. The first-order chi connectivity index (χ1) is 7.16. The molecule has 2 nitrogen and oxygen atoms in total. The standard InChI is InChI=1S/C12H16O2S/c1-8-5-11(9(2)15-8)12(13)7-14-6-10-3-4-10/h5,10H,3-4,6-7H2,1-2H3. The van der Waals surface area contributed by atoms with E-state index in [1.54, 1.807) is 11.3 Å². The van der Waals surface area contributed by atoms with E-state index in [0.717, 1.165) is 23.0 Å². The highest BCUT2D eigenvalue weighted by Crippen LogP contribution is 2.29. The Kier molecular flexibility index (Phi) is 3.22. The summed E-state index contributed by atoms with van der Waals surface area (Å²) in [4.78, 5) is 14.1. The summed E-state index contributed by atoms with van der Waals surface area (Å²) in [5, 5.41) is 0. The molecular weight excluding hydrogens is 208 g/mol. The maximum absolute atomic E-state index is 11.8. The molecule has 0 spiro atoms. The minimum Gasteiger partial charge on any atom is -0.373 e. The van der Waals surface area contributed by atoms with E-state index in [2.05, 4.69) is 0 Å². The minimum absolute atomic E-state index is 0.123. The molecule has 1 aliphatic carbocycles. The summed E-state index contributed by atoms with van der Waals surface area (Å²) in [6.45, 7) is 5.02. The van der Waals surface area contributed by atoms with E-state index in [1.807, 2.05) is 19.9 Å². The van der Waals surface area contributed by atoms with Crippen molar-refractivity contribution in [3.05, 3.63) is 21.4 Å². The van der Waals surface area contributed by atoms with Crippen molar-refractivity contribution in [1.29, 1.82) is 0 Å². The molecule has 82 valence electrons. The highest BCUT2D eigenvalue weighted by Gasteiger charge is 2.22. The minimum atomic E-state index is 0.123. The van der Waals surface area contributed by atoms with Crippen LogP contribution in [0, 0.1) is 19.8 Å². The second-order valence-corrected chi connectivity index (χ2v) is 5.67. The number of aryl methyl sites for hydroxylation is 2. The van der Waals surface area contributed by atoms with Gasteiger partial charge in [0.15, 0.2) is 5.78 Å². The molecule has 1 saturated carbocycles. The predicted molar refractivity (Wildman–Crippen MR) is 61.7 cm³/mol. The molecule has 0 bridgehead atoms. The van der Waals surface area contributed by atoms with Crippen LogP contribution in [0.3, 0.4) is 0 Å². The number of rotatable bonds is 5. The van der Waals surface area contributed by atoms with Crippen LogP contribution in [0.1, 0.15) is 33.0 Å². The Balaban J connectivity index is 1.86. The molecule has 0 N–H and O–H groups in total. The first kappa shape index (κ1) is 10.8. The maximum atomic E-state index is 11.8. The van der Waals surface area contributed by atoms with Crippen molar-refractivity contribution in [2.75, 3.05) is 13.2 Å². The van der Waals surface area contributed by atoms with Crippen molar-refractivity contribution in [2.45, 2.75) is 26.7 Å². The van der Waals surface area contributed by atoms with Crippen LogP contribution in [0.4, 0.5) is 0 Å². The molecule has 0 aromatic carbocycles. The Morgan fingerprint density at radius 3 is 2.80 bits per heavy atom. The molecule has 1 fully saturated rings. The maximum Gasteiger partial charge on any atom is 0.189 e. The van der Waals surface area contributed by atoms with Crippen molar-refractivity contribution in [2.24, 2.45) is 5.92 Å². The van der Waals surface area contributed by atoms with E-state index in [-0.39, 0.29) is 12.4 Å². The van der Waals surface area contributed by atoms with Crippen molar-refractivity contribution in [3.63, 3.8) is 0 Å². The first-order valence-corrected chi connectivity index (χ1v) is 6.16. The van der Waals surface area contributed by atoms with E-state index in [9.17, 15) is 4.79 Å². The normalized spacial score (nSPS) is 15.6. The Hall–Kier alpha value is -0.670. The van der Waals surface area contributed by atoms with Gasteiger partial charge in [0.1, 0.15) is 6.61 Å². The molecule has 3 heteroatoms. The molecule has 1 aliphatic rings. The number of carbonyl (C=O) groups excluding carboxylic acids is 1. The zero-order valence-electron chi connectivity index (χ0n) is 9.21. The molecule has 0 atom stereocenters. The van der Waals surface area contributed by atoms with Gasteiger partial charge in [0.25, 0.3) is 0 Å². The van der Waals surface area contributed by atoms with Crippen molar-refractivity contribution in [1.82, 2.24) is 0 Å². The van der Waals surface area contributed by atoms with E-state index in [4.69, 9.17) is 4.74 Å². The fourth-order valence-electron chi connectivity index (χ4n) is 1.59. The highest BCUT2D eigenvalue weighted by molar-refractivity contribution is 7.12. The van der Waals surface area contributed by atoms with Gasteiger partial charge in [-0.2, -0.15) is 0 Å². The third-order valence-electron chi connectivity index (χ3n) is 2.63. The highest BCUT2D eigenvalue weighted by atomic mass is 32.1. The molecule has 1 aromatic rings. The van der Waals surface area contributed by atoms with Gasteiger partial charge in [-0.1, -0.05) is 0 Å². The summed E-state index contributed by atoms with van der Waals surface area (Å²) in [6.07, 6.45) is 2.54. The van der Waals surface area contributed by atoms with Crippen LogP contribution in [0.5, 0.6) is 0 Å². The molecule has 1 aromatic heterocycles. The zero-order valence-corrected chi connectivity index (χ0v) is 10.0. The monoisotopic (exact) mass is 224 g/mol. The number of hydrogen-bond acceptors (Lipinski definition) is 3. The van der Waals surface area contributed by atoms with Crippen molar-refractivity contribution >= 4 is 17.1 Å². The number of thiophene rings is 1. The van der Waals surface area contributed by atoms with E-state index in [0.29, 0.717) is 0 Å². The Labute approximate surface area is 94.3 Å². The van der Waals surface area contributed by atoms with Crippen LogP contribution in [-0.2, 0) is 4.74 Å². The lowest BCUT2D eigenvalue weighted by Gasteiger charge is -2.01. The molecule has 2 rings (SSSR count). The second kappa shape index (κ2) is 4.45. The predicted octanol–water partition coefficient (Wildman–Crippen LogP) is 2.97. The van der Waals surface area contributed by atoms with Gasteiger partial charge in [0.2, 0.25) is 0 Å². The molecule has 0 amide bonds. The fraction of sp³-hybridized carbons (Fsp3) is 0.583. The molecule has 0 saturated heterocycles.